The molecule has 0 aliphatic carbocycles. The number of benzene rings is 1. The molecule has 4 nitrogen and oxygen atoms in total. The molecule has 0 atom stereocenters. The highest BCUT2D eigenvalue weighted by Crippen LogP contribution is 2.24. The van der Waals surface area contributed by atoms with Crippen molar-refractivity contribution in [3.63, 3.8) is 0 Å². The second kappa shape index (κ2) is 3.55. The number of rotatable bonds is 2. The molecular weight excluding hydrogens is 209 g/mol. The molecule has 1 aromatic carbocycles. The Morgan fingerprint density at radius 2 is 2.00 bits per heavy atom. The summed E-state index contributed by atoms with van der Waals surface area (Å²) in [7, 11) is -2.58. The largest absolute Gasteiger partial charge is 0.494 e. The Morgan fingerprint density at radius 1 is 1.43 bits per heavy atom. The lowest BCUT2D eigenvalue weighted by Crippen LogP contribution is -2.14. The van der Waals surface area contributed by atoms with Gasteiger partial charge in [-0.3, -0.25) is 0 Å². The maximum atomic E-state index is 13.3. The fraction of sp³-hybridized carbons (Fsp3) is 0.250. The zero-order valence-corrected chi connectivity index (χ0v) is 8.56. The van der Waals surface area contributed by atoms with Gasteiger partial charge in [-0.25, -0.2) is 17.9 Å². The average Bonchev–Trinajstić information content (AvgIpc) is 2.07. The summed E-state index contributed by atoms with van der Waals surface area (Å²) in [6, 6.07) is 2.44. The maximum absolute atomic E-state index is 13.3. The predicted molar refractivity (Wildman–Crippen MR) is 49.1 cm³/mol. The van der Waals surface area contributed by atoms with Gasteiger partial charge in [0.1, 0.15) is 0 Å². The highest BCUT2D eigenvalue weighted by Gasteiger charge is 2.17. The minimum Gasteiger partial charge on any atom is -0.494 e. The van der Waals surface area contributed by atoms with E-state index in [0.717, 1.165) is 0 Å². The Labute approximate surface area is 81.5 Å². The number of hydrogen-bond donors (Lipinski definition) is 1. The van der Waals surface area contributed by atoms with Crippen molar-refractivity contribution < 1.29 is 17.5 Å². The van der Waals surface area contributed by atoms with Crippen molar-refractivity contribution in [3.8, 4) is 5.75 Å². The molecule has 0 aliphatic heterocycles. The summed E-state index contributed by atoms with van der Waals surface area (Å²) in [5, 5.41) is 4.88. The number of nitrogens with two attached hydrogens (primary N) is 1. The van der Waals surface area contributed by atoms with Crippen LogP contribution in [0.15, 0.2) is 17.0 Å². The SMILES string of the molecule is COc1ccc(S(N)(=O)=O)c(C)c1F. The Kier molecular flexibility index (Phi) is 2.77. The first-order valence-corrected chi connectivity index (χ1v) is 5.28. The molecule has 0 bridgehead atoms. The van der Waals surface area contributed by atoms with Crippen LogP contribution in [0.5, 0.6) is 5.75 Å². The van der Waals surface area contributed by atoms with Crippen LogP contribution in [0.3, 0.4) is 0 Å². The van der Waals surface area contributed by atoms with E-state index in [-0.39, 0.29) is 16.2 Å². The van der Waals surface area contributed by atoms with Gasteiger partial charge in [-0.15, -0.1) is 0 Å². The fourth-order valence-corrected chi connectivity index (χ4v) is 1.88. The van der Waals surface area contributed by atoms with Gasteiger partial charge < -0.3 is 4.74 Å². The number of methoxy groups -OCH3 is 1. The quantitative estimate of drug-likeness (QED) is 0.799. The van der Waals surface area contributed by atoms with Crippen LogP contribution in [0.4, 0.5) is 4.39 Å². The first-order valence-electron chi connectivity index (χ1n) is 3.74. The highest BCUT2D eigenvalue weighted by molar-refractivity contribution is 7.89. The first-order chi connectivity index (χ1) is 6.38. The van der Waals surface area contributed by atoms with Crippen LogP contribution in [0, 0.1) is 12.7 Å². The molecule has 78 valence electrons. The molecule has 0 saturated heterocycles. The number of sulfonamides is 1. The first kappa shape index (κ1) is 10.9. The molecule has 0 aromatic heterocycles. The van der Waals surface area contributed by atoms with Crippen LogP contribution in [-0.2, 0) is 10.0 Å². The molecule has 0 heterocycles. The van der Waals surface area contributed by atoms with Gasteiger partial charge in [0.05, 0.1) is 12.0 Å². The van der Waals surface area contributed by atoms with E-state index in [9.17, 15) is 12.8 Å². The normalized spacial score (nSPS) is 11.4. The van der Waals surface area contributed by atoms with E-state index in [1.165, 1.54) is 26.2 Å². The molecule has 0 aliphatic rings. The van der Waals surface area contributed by atoms with Crippen LogP contribution in [-0.4, -0.2) is 15.5 Å². The summed E-state index contributed by atoms with van der Waals surface area (Å²) >= 11 is 0. The van der Waals surface area contributed by atoms with Crippen LogP contribution in [0.2, 0.25) is 0 Å². The average molecular weight is 219 g/mol. The van der Waals surface area contributed by atoms with E-state index in [1.807, 2.05) is 0 Å². The molecule has 6 heteroatoms. The van der Waals surface area contributed by atoms with Crippen LogP contribution in [0.25, 0.3) is 0 Å². The topological polar surface area (TPSA) is 69.4 Å². The van der Waals surface area contributed by atoms with Gasteiger partial charge in [0.15, 0.2) is 11.6 Å². The molecule has 0 radical (unpaired) electrons. The van der Waals surface area contributed by atoms with Gasteiger partial charge in [0.2, 0.25) is 10.0 Å². The standard InChI is InChI=1S/C8H10FNO3S/c1-5-7(14(10,11)12)4-3-6(13-2)8(5)9/h3-4H,1-2H3,(H2,10,11,12). The van der Waals surface area contributed by atoms with Crippen molar-refractivity contribution in [2.75, 3.05) is 7.11 Å². The molecule has 14 heavy (non-hydrogen) atoms. The van der Waals surface area contributed by atoms with Gasteiger partial charge in [-0.05, 0) is 19.1 Å². The maximum Gasteiger partial charge on any atom is 0.238 e. The third-order valence-electron chi connectivity index (χ3n) is 1.83. The third-order valence-corrected chi connectivity index (χ3v) is 2.88. The molecule has 1 rings (SSSR count). The number of ether oxygens (including phenoxy) is 1. The fourth-order valence-electron chi connectivity index (χ4n) is 1.11. The lowest BCUT2D eigenvalue weighted by atomic mass is 10.2. The van der Waals surface area contributed by atoms with Gasteiger partial charge in [-0.2, -0.15) is 0 Å². The molecule has 0 fully saturated rings. The van der Waals surface area contributed by atoms with Crippen molar-refractivity contribution in [2.24, 2.45) is 5.14 Å². The highest BCUT2D eigenvalue weighted by atomic mass is 32.2. The van der Waals surface area contributed by atoms with Crippen molar-refractivity contribution in [1.82, 2.24) is 0 Å². The van der Waals surface area contributed by atoms with E-state index >= 15 is 0 Å². The zero-order chi connectivity index (χ0) is 10.9. The van der Waals surface area contributed by atoms with E-state index < -0.39 is 15.8 Å². The Balaban J connectivity index is 3.47. The summed E-state index contributed by atoms with van der Waals surface area (Å²) in [6.45, 7) is 1.33. The zero-order valence-electron chi connectivity index (χ0n) is 7.74. The van der Waals surface area contributed by atoms with Gasteiger partial charge in [-0.1, -0.05) is 0 Å². The number of primary sulfonamides is 1. The predicted octanol–water partition coefficient (Wildman–Crippen LogP) is 0.790. The summed E-state index contributed by atoms with van der Waals surface area (Å²) in [4.78, 5) is -0.226. The Bertz CT molecular complexity index is 456. The second-order valence-corrected chi connectivity index (χ2v) is 4.28. The smallest absolute Gasteiger partial charge is 0.238 e. The van der Waals surface area contributed by atoms with Crippen LogP contribution < -0.4 is 9.88 Å². The molecule has 0 spiro atoms. The lowest BCUT2D eigenvalue weighted by molar-refractivity contribution is 0.384. The van der Waals surface area contributed by atoms with Gasteiger partial charge in [0, 0.05) is 5.56 Å². The molecule has 0 saturated carbocycles. The van der Waals surface area contributed by atoms with Crippen LogP contribution >= 0.6 is 0 Å². The molecule has 0 amide bonds. The third kappa shape index (κ3) is 1.85. The van der Waals surface area contributed by atoms with E-state index in [0.29, 0.717) is 0 Å². The summed E-state index contributed by atoms with van der Waals surface area (Å²) in [6.07, 6.45) is 0. The number of hydrogen-bond acceptors (Lipinski definition) is 3. The molecule has 2 N–H and O–H groups in total. The monoisotopic (exact) mass is 219 g/mol. The molecular formula is C8H10FNO3S. The Hall–Kier alpha value is -1.14. The molecule has 0 unspecified atom stereocenters. The number of halogens is 1. The van der Waals surface area contributed by atoms with E-state index in [4.69, 9.17) is 5.14 Å². The second-order valence-electron chi connectivity index (χ2n) is 2.75. The van der Waals surface area contributed by atoms with Gasteiger partial charge in [0.25, 0.3) is 0 Å². The summed E-state index contributed by atoms with van der Waals surface area (Å²) in [5.74, 6) is -0.714. The summed E-state index contributed by atoms with van der Waals surface area (Å²) in [5.41, 5.74) is -0.0353. The van der Waals surface area contributed by atoms with Crippen molar-refractivity contribution in [3.05, 3.63) is 23.5 Å². The van der Waals surface area contributed by atoms with E-state index in [2.05, 4.69) is 4.74 Å². The minimum atomic E-state index is -3.88. The Morgan fingerprint density at radius 3 is 2.43 bits per heavy atom. The van der Waals surface area contributed by atoms with Crippen molar-refractivity contribution in [2.45, 2.75) is 11.8 Å². The molecule has 1 aromatic rings. The van der Waals surface area contributed by atoms with Crippen molar-refractivity contribution >= 4 is 10.0 Å². The minimum absolute atomic E-state index is 0.00472. The summed E-state index contributed by atoms with van der Waals surface area (Å²) < 4.78 is 40.0. The lowest BCUT2D eigenvalue weighted by Gasteiger charge is -2.07. The van der Waals surface area contributed by atoms with Gasteiger partial charge >= 0.3 is 0 Å². The van der Waals surface area contributed by atoms with E-state index in [1.54, 1.807) is 0 Å². The van der Waals surface area contributed by atoms with Crippen molar-refractivity contribution in [1.29, 1.82) is 0 Å². The van der Waals surface area contributed by atoms with Crippen LogP contribution in [0.1, 0.15) is 5.56 Å².